The fraction of sp³-hybridized carbons (Fsp3) is 0.625. The predicted molar refractivity (Wildman–Crippen MR) is 301 cm³/mol. The maximum atomic E-state index is 14.1. The normalized spacial score (nSPS) is 12.6. The molecule has 8 N–H and O–H groups in total. The van der Waals surface area contributed by atoms with Gasteiger partial charge >= 0.3 is 47.9 Å². The molecule has 0 heterocycles. The quantitative estimate of drug-likeness (QED) is 0.0303. The molecule has 0 fully saturated rings. The average Bonchev–Trinajstić information content (AvgIpc) is 3.64. The highest BCUT2D eigenvalue weighted by Gasteiger charge is 2.34. The number of ether oxygens (including phenoxy) is 8. The lowest BCUT2D eigenvalue weighted by Crippen LogP contribution is -2.57. The van der Waals surface area contributed by atoms with Crippen molar-refractivity contribution in [1.82, 2.24) is 42.5 Å². The number of amides is 8. The van der Waals surface area contributed by atoms with E-state index in [-0.39, 0.29) is 78.5 Å². The third kappa shape index (κ3) is 34.0. The number of hydrogen-bond acceptors (Lipinski definition) is 23. The number of esters is 7. The van der Waals surface area contributed by atoms with Crippen LogP contribution in [0.3, 0.4) is 0 Å². The van der Waals surface area contributed by atoms with Gasteiger partial charge in [0.2, 0.25) is 41.4 Å². The smallest absolute Gasteiger partial charge is 0.408 e. The second-order valence-electron chi connectivity index (χ2n) is 18.4. The standard InChI is InChI=1S/C56H84N8O23/c1-8-80-44(67)26-20-36(60-52(75)38(22-28-46(69)82-10-3)62-54(77)40(24-30-48(71)84-12-5)64-56(79)87-34-35-18-16-15-17-19-35)50(73)58-32-42(65)57-33-43(66)59-37(21-27-45(68)81-9-2)51(74)61-39(23-29-47(70)83-11-4)53(76)63-41(55(78)86-14-7)25-31-49(72)85-13-6/h15-19,36-41H,8-14,20-34H2,1-7H3,(H,57,65)(H,58,73)(H,59,66)(H,60,75)(H,61,74)(H,62,77)(H,63,76)(H,64,79). The minimum atomic E-state index is -1.65. The molecule has 31 nitrogen and oxygen atoms in total. The van der Waals surface area contributed by atoms with E-state index in [9.17, 15) is 71.9 Å². The fourth-order valence-corrected chi connectivity index (χ4v) is 7.58. The minimum Gasteiger partial charge on any atom is -0.466 e. The van der Waals surface area contributed by atoms with E-state index in [1.807, 2.05) is 0 Å². The van der Waals surface area contributed by atoms with Crippen molar-refractivity contribution in [2.24, 2.45) is 0 Å². The molecule has 6 atom stereocenters. The van der Waals surface area contributed by atoms with Crippen molar-refractivity contribution >= 4 is 89.2 Å². The first kappa shape index (κ1) is 76.1. The Morgan fingerprint density at radius 3 is 0.977 bits per heavy atom. The Hall–Kier alpha value is -8.93. The molecule has 1 aromatic rings. The zero-order chi connectivity index (χ0) is 65.1. The van der Waals surface area contributed by atoms with Gasteiger partial charge in [0.15, 0.2) is 0 Å². The van der Waals surface area contributed by atoms with Crippen LogP contribution in [0.5, 0.6) is 0 Å². The van der Waals surface area contributed by atoms with E-state index in [2.05, 4.69) is 42.5 Å². The number of alkyl carbamates (subject to hydrolysis) is 1. The summed E-state index contributed by atoms with van der Waals surface area (Å²) < 4.78 is 40.1. The first-order chi connectivity index (χ1) is 41.5. The molecule has 0 saturated carbocycles. The second kappa shape index (κ2) is 44.5. The first-order valence-corrected chi connectivity index (χ1v) is 28.7. The number of carbonyl (C=O) groups is 15. The van der Waals surface area contributed by atoms with Gasteiger partial charge in [-0.15, -0.1) is 0 Å². The van der Waals surface area contributed by atoms with Crippen LogP contribution in [0.1, 0.15) is 131 Å². The predicted octanol–water partition coefficient (Wildman–Crippen LogP) is -0.439. The van der Waals surface area contributed by atoms with Crippen molar-refractivity contribution in [1.29, 1.82) is 0 Å². The van der Waals surface area contributed by atoms with Crippen LogP contribution < -0.4 is 42.5 Å². The molecule has 87 heavy (non-hydrogen) atoms. The Labute approximate surface area is 503 Å². The SMILES string of the molecule is CCOC(=O)CCC(NC(=O)CNC(=O)CNC(=O)C(CCC(=O)OCC)NC(=O)C(CCC(=O)OCC)NC(=O)C(CCC(=O)OCC)NC(=O)OCc1ccccc1)C(=O)NC(CCC(=O)OCC)C(=O)NC(CCC(=O)OCC)C(=O)OCC. The summed E-state index contributed by atoms with van der Waals surface area (Å²) >= 11 is 0. The molecule has 0 aromatic heterocycles. The Kier molecular flexibility index (Phi) is 38.9. The second-order valence-corrected chi connectivity index (χ2v) is 18.4. The van der Waals surface area contributed by atoms with E-state index in [0.717, 1.165) is 0 Å². The third-order valence-electron chi connectivity index (χ3n) is 11.8. The largest absolute Gasteiger partial charge is 0.466 e. The average molecular weight is 1240 g/mol. The molecule has 486 valence electrons. The van der Waals surface area contributed by atoms with Crippen LogP contribution >= 0.6 is 0 Å². The van der Waals surface area contributed by atoms with E-state index >= 15 is 0 Å². The zero-order valence-corrected chi connectivity index (χ0v) is 50.3. The van der Waals surface area contributed by atoms with E-state index in [0.29, 0.717) is 5.56 Å². The topological polar surface area (TPSA) is 426 Å². The lowest BCUT2D eigenvalue weighted by atomic mass is 10.1. The molecule has 6 unspecified atom stereocenters. The maximum Gasteiger partial charge on any atom is 0.408 e. The van der Waals surface area contributed by atoms with Crippen LogP contribution in [0.15, 0.2) is 30.3 Å². The van der Waals surface area contributed by atoms with E-state index in [1.54, 1.807) is 44.2 Å². The van der Waals surface area contributed by atoms with Crippen molar-refractivity contribution in [3.8, 4) is 0 Å². The Morgan fingerprint density at radius 1 is 0.322 bits per heavy atom. The van der Waals surface area contributed by atoms with Gasteiger partial charge in [-0.2, -0.15) is 0 Å². The molecule has 0 aliphatic heterocycles. The van der Waals surface area contributed by atoms with Crippen molar-refractivity contribution in [3.05, 3.63) is 35.9 Å². The minimum absolute atomic E-state index is 0.0114. The summed E-state index contributed by atoms with van der Waals surface area (Å²) in [6.45, 7) is 8.63. The highest BCUT2D eigenvalue weighted by molar-refractivity contribution is 5.97. The summed E-state index contributed by atoms with van der Waals surface area (Å²) in [5.41, 5.74) is 0.610. The Balaban J connectivity index is 3.39. The highest BCUT2D eigenvalue weighted by atomic mass is 16.6. The fourth-order valence-electron chi connectivity index (χ4n) is 7.58. The molecule has 0 radical (unpaired) electrons. The summed E-state index contributed by atoms with van der Waals surface area (Å²) in [5, 5.41) is 18.9. The van der Waals surface area contributed by atoms with Crippen molar-refractivity contribution in [3.63, 3.8) is 0 Å². The first-order valence-electron chi connectivity index (χ1n) is 28.7. The molecular formula is C56H84N8O23. The van der Waals surface area contributed by atoms with E-state index in [1.165, 1.54) is 34.6 Å². The molecule has 0 aliphatic carbocycles. The third-order valence-corrected chi connectivity index (χ3v) is 11.8. The van der Waals surface area contributed by atoms with Gasteiger partial charge in [-0.05, 0) is 92.6 Å². The lowest BCUT2D eigenvalue weighted by Gasteiger charge is -2.25. The monoisotopic (exact) mass is 1240 g/mol. The van der Waals surface area contributed by atoms with Gasteiger partial charge in [-0.3, -0.25) is 62.3 Å². The molecule has 1 rings (SSSR count). The lowest BCUT2D eigenvalue weighted by molar-refractivity contribution is -0.149. The zero-order valence-electron chi connectivity index (χ0n) is 50.3. The molecule has 0 spiro atoms. The van der Waals surface area contributed by atoms with Crippen LogP contribution in [0.2, 0.25) is 0 Å². The van der Waals surface area contributed by atoms with Gasteiger partial charge in [0.1, 0.15) is 42.9 Å². The summed E-state index contributed by atoms with van der Waals surface area (Å²) in [6.07, 6.45) is -5.89. The van der Waals surface area contributed by atoms with Gasteiger partial charge in [-0.1, -0.05) is 30.3 Å². The van der Waals surface area contributed by atoms with Gasteiger partial charge in [0.05, 0.1) is 59.3 Å². The van der Waals surface area contributed by atoms with E-state index < -0.39 is 190 Å². The van der Waals surface area contributed by atoms with E-state index in [4.69, 9.17) is 37.9 Å². The molecule has 8 amide bonds. The van der Waals surface area contributed by atoms with Crippen LogP contribution in [0, 0.1) is 0 Å². The molecule has 0 saturated heterocycles. The molecule has 0 aliphatic rings. The van der Waals surface area contributed by atoms with Gasteiger partial charge in [0.25, 0.3) is 0 Å². The summed E-state index contributed by atoms with van der Waals surface area (Å²) in [7, 11) is 0. The summed E-state index contributed by atoms with van der Waals surface area (Å²) in [4.78, 5) is 196. The molecule has 31 heteroatoms. The number of rotatable bonds is 43. The molecule has 1 aromatic carbocycles. The van der Waals surface area contributed by atoms with Crippen molar-refractivity contribution in [2.45, 2.75) is 168 Å². The van der Waals surface area contributed by atoms with Gasteiger partial charge in [0, 0.05) is 38.5 Å². The molecular weight excluding hydrogens is 1150 g/mol. The maximum absolute atomic E-state index is 14.1. The van der Waals surface area contributed by atoms with Crippen molar-refractivity contribution < 1.29 is 110 Å². The number of benzene rings is 1. The van der Waals surface area contributed by atoms with Crippen LogP contribution in [0.25, 0.3) is 0 Å². The van der Waals surface area contributed by atoms with Crippen LogP contribution in [0.4, 0.5) is 4.79 Å². The Bertz CT molecular complexity index is 2450. The van der Waals surface area contributed by atoms with Crippen molar-refractivity contribution in [2.75, 3.05) is 59.3 Å². The highest BCUT2D eigenvalue weighted by Crippen LogP contribution is 2.11. The summed E-state index contributed by atoms with van der Waals surface area (Å²) in [6, 6.07) is -0.937. The van der Waals surface area contributed by atoms with Crippen LogP contribution in [-0.4, -0.2) is 185 Å². The van der Waals surface area contributed by atoms with Gasteiger partial charge in [-0.25, -0.2) is 9.59 Å². The Morgan fingerprint density at radius 2 is 0.621 bits per heavy atom. The summed E-state index contributed by atoms with van der Waals surface area (Å²) in [5.74, 6) is -12.7. The number of hydrogen-bond donors (Lipinski definition) is 8. The number of nitrogens with one attached hydrogen (secondary N) is 8. The number of carbonyl (C=O) groups excluding carboxylic acids is 15. The molecule has 0 bridgehead atoms. The van der Waals surface area contributed by atoms with Crippen LogP contribution in [-0.2, 0) is 112 Å². The van der Waals surface area contributed by atoms with Gasteiger partial charge < -0.3 is 80.4 Å².